The third kappa shape index (κ3) is 3.67. The summed E-state index contributed by atoms with van der Waals surface area (Å²) in [5.74, 6) is -0.346. The second-order valence-corrected chi connectivity index (χ2v) is 8.62. The van der Waals surface area contributed by atoms with Gasteiger partial charge in [0.15, 0.2) is 5.71 Å². The number of amides is 1. The van der Waals surface area contributed by atoms with Crippen molar-refractivity contribution in [3.8, 4) is 0 Å². The molecule has 1 saturated carbocycles. The minimum atomic E-state index is -5.56. The van der Waals surface area contributed by atoms with Crippen molar-refractivity contribution in [1.29, 1.82) is 0 Å². The molecule has 3 rings (SSSR count). The van der Waals surface area contributed by atoms with Crippen molar-refractivity contribution in [2.24, 2.45) is 10.6 Å². The van der Waals surface area contributed by atoms with E-state index in [9.17, 15) is 26.4 Å². The van der Waals surface area contributed by atoms with Crippen LogP contribution in [0.15, 0.2) is 29.4 Å². The number of nitrogens with zero attached hydrogens (tertiary/aromatic N) is 2. The molecule has 1 aliphatic carbocycles. The van der Waals surface area contributed by atoms with Crippen molar-refractivity contribution in [1.82, 2.24) is 4.90 Å². The number of piperidine rings is 1. The maximum absolute atomic E-state index is 12.9. The van der Waals surface area contributed by atoms with Gasteiger partial charge in [0.25, 0.3) is 5.91 Å². The number of hydrogen-bond donors (Lipinski definition) is 1. The normalized spacial score (nSPS) is 20.9. The van der Waals surface area contributed by atoms with Crippen molar-refractivity contribution < 1.29 is 31.2 Å². The Hall–Kier alpha value is -2.30. The van der Waals surface area contributed by atoms with Gasteiger partial charge in [-0.05, 0) is 30.9 Å². The van der Waals surface area contributed by atoms with Crippen LogP contribution in [0.2, 0.25) is 0 Å². The van der Waals surface area contributed by atoms with Crippen molar-refractivity contribution in [2.75, 3.05) is 18.4 Å². The van der Waals surface area contributed by atoms with E-state index in [1.165, 1.54) is 30.2 Å². The number of oxime groups is 1. The van der Waals surface area contributed by atoms with Crippen molar-refractivity contribution in [3.63, 3.8) is 0 Å². The number of likely N-dealkylation sites (tertiary alicyclic amines) is 1. The van der Waals surface area contributed by atoms with Gasteiger partial charge >= 0.3 is 15.5 Å². The van der Waals surface area contributed by atoms with Gasteiger partial charge in [-0.15, -0.1) is 0 Å². The number of alkyl halides is 3. The zero-order valence-electron chi connectivity index (χ0n) is 15.1. The monoisotopic (exact) mass is 419 g/mol. The van der Waals surface area contributed by atoms with E-state index in [1.807, 2.05) is 0 Å². The Kier molecular flexibility index (Phi) is 5.30. The molecule has 0 radical (unpaired) electrons. The molecule has 11 heteroatoms. The smallest absolute Gasteiger partial charge is 0.399 e. The summed E-state index contributed by atoms with van der Waals surface area (Å²) in [7, 11) is -4.20. The summed E-state index contributed by atoms with van der Waals surface area (Å²) in [5, 5.41) is 3.91. The molecule has 0 atom stereocenters. The third-order valence-electron chi connectivity index (χ3n) is 5.27. The molecular weight excluding hydrogens is 399 g/mol. The maximum atomic E-state index is 12.9. The SMILES string of the molecule is CO/N=C1/C(=O)N(Cc2ccccc2NS(=O)(=O)C(F)(F)F)CCC12CCC2. The van der Waals surface area contributed by atoms with Crippen LogP contribution in [0.25, 0.3) is 0 Å². The molecule has 1 saturated heterocycles. The second-order valence-electron chi connectivity index (χ2n) is 6.94. The molecule has 0 aromatic heterocycles. The van der Waals surface area contributed by atoms with E-state index in [2.05, 4.69) is 5.16 Å². The average Bonchev–Trinajstić information content (AvgIpc) is 2.57. The Morgan fingerprint density at radius 2 is 1.93 bits per heavy atom. The van der Waals surface area contributed by atoms with Crippen LogP contribution in [-0.2, 0) is 26.2 Å². The molecule has 2 fully saturated rings. The molecule has 0 unspecified atom stereocenters. The Labute approximate surface area is 160 Å². The van der Waals surface area contributed by atoms with Gasteiger partial charge in [-0.25, -0.2) is 0 Å². The van der Waals surface area contributed by atoms with Crippen LogP contribution in [0.5, 0.6) is 0 Å². The largest absolute Gasteiger partial charge is 0.516 e. The highest BCUT2D eigenvalue weighted by molar-refractivity contribution is 7.93. The molecular formula is C17H20F3N3O4S. The van der Waals surface area contributed by atoms with E-state index in [0.717, 1.165) is 19.3 Å². The number of carbonyl (C=O) groups excluding carboxylic acids is 1. The maximum Gasteiger partial charge on any atom is 0.516 e. The van der Waals surface area contributed by atoms with Crippen LogP contribution in [0.1, 0.15) is 31.2 Å². The highest BCUT2D eigenvalue weighted by Crippen LogP contribution is 2.48. The molecule has 1 aliphatic heterocycles. The van der Waals surface area contributed by atoms with Gasteiger partial charge < -0.3 is 9.74 Å². The highest BCUT2D eigenvalue weighted by Gasteiger charge is 2.50. The van der Waals surface area contributed by atoms with Gasteiger partial charge in [-0.3, -0.25) is 9.52 Å². The fraction of sp³-hybridized carbons (Fsp3) is 0.529. The zero-order chi connectivity index (χ0) is 20.6. The number of hydrogen-bond acceptors (Lipinski definition) is 5. The molecule has 1 heterocycles. The van der Waals surface area contributed by atoms with Crippen LogP contribution in [0.3, 0.4) is 0 Å². The van der Waals surface area contributed by atoms with E-state index in [4.69, 9.17) is 4.84 Å². The van der Waals surface area contributed by atoms with E-state index >= 15 is 0 Å². The Bertz CT molecular complexity index is 895. The summed E-state index contributed by atoms with van der Waals surface area (Å²) >= 11 is 0. The first-order valence-corrected chi connectivity index (χ1v) is 10.2. The fourth-order valence-corrected chi connectivity index (χ4v) is 4.18. The standard InChI is InChI=1S/C17H20F3N3O4S/c1-27-21-14-15(24)23(10-9-16(14)7-4-8-16)11-12-5-2-3-6-13(12)22-28(25,26)17(18,19)20/h2-3,5-6,22H,4,7-11H2,1H3/b21-14-. The topological polar surface area (TPSA) is 88.1 Å². The molecule has 28 heavy (non-hydrogen) atoms. The quantitative estimate of drug-likeness (QED) is 0.744. The number of carbonyl (C=O) groups is 1. The van der Waals surface area contributed by atoms with Gasteiger partial charge in [0.2, 0.25) is 0 Å². The van der Waals surface area contributed by atoms with Crippen LogP contribution >= 0.6 is 0 Å². The van der Waals surface area contributed by atoms with Gasteiger partial charge in [0.1, 0.15) is 7.11 Å². The lowest BCUT2D eigenvalue weighted by Gasteiger charge is -2.47. The molecule has 1 spiro atoms. The summed E-state index contributed by atoms with van der Waals surface area (Å²) < 4.78 is 62.5. The molecule has 1 aromatic carbocycles. The molecule has 2 aliphatic rings. The second kappa shape index (κ2) is 7.26. The van der Waals surface area contributed by atoms with Gasteiger partial charge in [0.05, 0.1) is 5.69 Å². The zero-order valence-corrected chi connectivity index (χ0v) is 15.9. The lowest BCUT2D eigenvalue weighted by atomic mass is 9.62. The van der Waals surface area contributed by atoms with Crippen LogP contribution in [-0.4, -0.2) is 44.1 Å². The minimum absolute atomic E-state index is 0.0474. The predicted molar refractivity (Wildman–Crippen MR) is 95.8 cm³/mol. The Balaban J connectivity index is 1.83. The molecule has 154 valence electrons. The fourth-order valence-electron chi connectivity index (χ4n) is 3.58. The summed E-state index contributed by atoms with van der Waals surface area (Å²) in [4.78, 5) is 19.2. The number of halogens is 3. The van der Waals surface area contributed by atoms with Crippen molar-refractivity contribution >= 4 is 27.3 Å². The Morgan fingerprint density at radius 1 is 1.25 bits per heavy atom. The van der Waals surface area contributed by atoms with E-state index in [-0.39, 0.29) is 29.1 Å². The first-order chi connectivity index (χ1) is 13.1. The van der Waals surface area contributed by atoms with Crippen LogP contribution < -0.4 is 4.72 Å². The van der Waals surface area contributed by atoms with Crippen molar-refractivity contribution in [3.05, 3.63) is 29.8 Å². The molecule has 1 aromatic rings. The molecule has 0 bridgehead atoms. The summed E-state index contributed by atoms with van der Waals surface area (Å²) in [6.07, 6.45) is 3.36. The Morgan fingerprint density at radius 3 is 2.50 bits per heavy atom. The average molecular weight is 419 g/mol. The first-order valence-electron chi connectivity index (χ1n) is 8.67. The number of benzene rings is 1. The lowest BCUT2D eigenvalue weighted by molar-refractivity contribution is -0.128. The van der Waals surface area contributed by atoms with Gasteiger partial charge in [-0.2, -0.15) is 21.6 Å². The van der Waals surface area contributed by atoms with Crippen LogP contribution in [0.4, 0.5) is 18.9 Å². The van der Waals surface area contributed by atoms with E-state index in [1.54, 1.807) is 10.8 Å². The minimum Gasteiger partial charge on any atom is -0.399 e. The predicted octanol–water partition coefficient (Wildman–Crippen LogP) is 2.85. The summed E-state index contributed by atoms with van der Waals surface area (Å²) in [6.45, 7) is 0.357. The van der Waals surface area contributed by atoms with Gasteiger partial charge in [0, 0.05) is 18.5 Å². The number of sulfonamides is 1. The molecule has 7 nitrogen and oxygen atoms in total. The number of para-hydroxylation sites is 1. The lowest BCUT2D eigenvalue weighted by Crippen LogP contribution is -2.54. The summed E-state index contributed by atoms with van der Waals surface area (Å²) in [6, 6.07) is 5.68. The molecule has 1 N–H and O–H groups in total. The van der Waals surface area contributed by atoms with Crippen molar-refractivity contribution in [2.45, 2.75) is 37.7 Å². The molecule has 1 amide bonds. The highest BCUT2D eigenvalue weighted by atomic mass is 32.2. The van der Waals surface area contributed by atoms with E-state index in [0.29, 0.717) is 18.7 Å². The van der Waals surface area contributed by atoms with Crippen LogP contribution in [0, 0.1) is 5.41 Å². The number of nitrogens with one attached hydrogen (secondary N) is 1. The number of anilines is 1. The van der Waals surface area contributed by atoms with Gasteiger partial charge in [-0.1, -0.05) is 29.8 Å². The number of rotatable bonds is 5. The summed E-state index contributed by atoms with van der Waals surface area (Å²) in [5.41, 5.74) is -5.37. The third-order valence-corrected chi connectivity index (χ3v) is 6.37. The van der Waals surface area contributed by atoms with E-state index < -0.39 is 15.5 Å². The first kappa shape index (κ1) is 20.4.